The molecule has 1 heterocycles. The number of aliphatic hydroxyl groups is 1. The number of hydrogen-bond acceptors (Lipinski definition) is 2. The molecule has 4 heteroatoms. The molecule has 2 fully saturated rings. The molecule has 3 nitrogen and oxygen atoms in total. The Morgan fingerprint density at radius 3 is 2.53 bits per heavy atom. The lowest BCUT2D eigenvalue weighted by atomic mass is 10.1. The lowest BCUT2D eigenvalue weighted by molar-refractivity contribution is -0.142. The third-order valence-electron chi connectivity index (χ3n) is 3.58. The Hall–Kier alpha value is -0.870. The molecule has 0 bridgehead atoms. The van der Waals surface area contributed by atoms with E-state index in [2.05, 4.69) is 28.1 Å². The minimum absolute atomic E-state index is 0.142. The predicted molar refractivity (Wildman–Crippen MR) is 67.6 cm³/mol. The van der Waals surface area contributed by atoms with Crippen LogP contribution in [-0.2, 0) is 4.79 Å². The van der Waals surface area contributed by atoms with Gasteiger partial charge in [0, 0.05) is 23.5 Å². The van der Waals surface area contributed by atoms with Gasteiger partial charge in [0.25, 0.3) is 0 Å². The van der Waals surface area contributed by atoms with Crippen LogP contribution >= 0.6 is 15.9 Å². The summed E-state index contributed by atoms with van der Waals surface area (Å²) in [5, 5.41) is 9.18. The maximum absolute atomic E-state index is 12.0. The first-order valence-corrected chi connectivity index (χ1v) is 6.67. The summed E-state index contributed by atoms with van der Waals surface area (Å²) in [5.41, 5.74) is 1.24. The summed E-state index contributed by atoms with van der Waals surface area (Å²) < 4.78 is 1.07. The minimum Gasteiger partial charge on any atom is -0.389 e. The van der Waals surface area contributed by atoms with Crippen molar-refractivity contribution in [1.29, 1.82) is 0 Å². The summed E-state index contributed by atoms with van der Waals surface area (Å²) in [6.45, 7) is 1.03. The van der Waals surface area contributed by atoms with Crippen LogP contribution in [0.1, 0.15) is 17.9 Å². The lowest BCUT2D eigenvalue weighted by Crippen LogP contribution is -2.54. The van der Waals surface area contributed by atoms with Crippen LogP contribution in [0.5, 0.6) is 0 Å². The van der Waals surface area contributed by atoms with Crippen molar-refractivity contribution in [2.75, 3.05) is 13.1 Å². The fourth-order valence-electron chi connectivity index (χ4n) is 2.42. The van der Waals surface area contributed by atoms with E-state index in [-0.39, 0.29) is 17.9 Å². The Labute approximate surface area is 109 Å². The number of halogens is 1. The van der Waals surface area contributed by atoms with Gasteiger partial charge in [0.05, 0.1) is 6.10 Å². The van der Waals surface area contributed by atoms with E-state index < -0.39 is 0 Å². The summed E-state index contributed by atoms with van der Waals surface area (Å²) in [5.74, 6) is 0.736. The number of benzene rings is 1. The van der Waals surface area contributed by atoms with E-state index in [0.717, 1.165) is 10.9 Å². The van der Waals surface area contributed by atoms with Crippen LogP contribution in [0.4, 0.5) is 0 Å². The van der Waals surface area contributed by atoms with Crippen molar-refractivity contribution in [3.05, 3.63) is 34.3 Å². The third-order valence-corrected chi connectivity index (χ3v) is 4.11. The number of amides is 1. The molecule has 1 amide bonds. The molecule has 0 spiro atoms. The summed E-state index contributed by atoms with van der Waals surface area (Å²) in [6, 6.07) is 8.19. The normalized spacial score (nSPS) is 27.8. The molecular weight excluding hydrogens is 282 g/mol. The first-order chi connectivity index (χ1) is 8.15. The van der Waals surface area contributed by atoms with Gasteiger partial charge < -0.3 is 10.0 Å². The Morgan fingerprint density at radius 1 is 1.29 bits per heavy atom. The second kappa shape index (κ2) is 4.10. The number of rotatable bonds is 2. The zero-order valence-corrected chi connectivity index (χ0v) is 10.9. The number of nitrogens with zero attached hydrogens (tertiary/aromatic N) is 1. The van der Waals surface area contributed by atoms with Gasteiger partial charge in [0.1, 0.15) is 0 Å². The molecule has 1 aliphatic heterocycles. The average Bonchev–Trinajstić information content (AvgIpc) is 3.05. The van der Waals surface area contributed by atoms with E-state index in [4.69, 9.17) is 0 Å². The molecule has 1 aromatic rings. The molecule has 0 aromatic heterocycles. The van der Waals surface area contributed by atoms with Crippen LogP contribution in [-0.4, -0.2) is 35.1 Å². The topological polar surface area (TPSA) is 40.5 Å². The highest BCUT2D eigenvalue weighted by atomic mass is 79.9. The standard InChI is InChI=1S/C13H14BrNO2/c14-9-3-1-8(2-4-9)11-5-12(11)13(17)15-6-10(16)7-15/h1-4,10-12,16H,5-7H2. The Balaban J connectivity index is 1.62. The van der Waals surface area contributed by atoms with Crippen molar-refractivity contribution in [3.63, 3.8) is 0 Å². The maximum atomic E-state index is 12.0. The quantitative estimate of drug-likeness (QED) is 0.903. The van der Waals surface area contributed by atoms with E-state index in [0.29, 0.717) is 19.0 Å². The van der Waals surface area contributed by atoms with Crippen molar-refractivity contribution < 1.29 is 9.90 Å². The van der Waals surface area contributed by atoms with Crippen LogP contribution in [0, 0.1) is 5.92 Å². The van der Waals surface area contributed by atoms with Gasteiger partial charge >= 0.3 is 0 Å². The highest BCUT2D eigenvalue weighted by molar-refractivity contribution is 9.10. The molecular formula is C13H14BrNO2. The highest BCUT2D eigenvalue weighted by Gasteiger charge is 2.47. The van der Waals surface area contributed by atoms with E-state index in [1.807, 2.05) is 12.1 Å². The van der Waals surface area contributed by atoms with E-state index in [1.165, 1.54) is 5.56 Å². The molecule has 2 aliphatic rings. The fourth-order valence-corrected chi connectivity index (χ4v) is 2.68. The molecule has 1 N–H and O–H groups in total. The predicted octanol–water partition coefficient (Wildman–Crippen LogP) is 1.76. The van der Waals surface area contributed by atoms with Gasteiger partial charge in [-0.05, 0) is 30.0 Å². The van der Waals surface area contributed by atoms with E-state index in [1.54, 1.807) is 4.90 Å². The first-order valence-electron chi connectivity index (χ1n) is 5.87. The van der Waals surface area contributed by atoms with Gasteiger partial charge in [-0.15, -0.1) is 0 Å². The van der Waals surface area contributed by atoms with Crippen molar-refractivity contribution in [2.45, 2.75) is 18.4 Å². The number of carbonyl (C=O) groups is 1. The maximum Gasteiger partial charge on any atom is 0.226 e. The zero-order chi connectivity index (χ0) is 12.0. The number of likely N-dealkylation sites (tertiary alicyclic amines) is 1. The number of aliphatic hydroxyl groups excluding tert-OH is 1. The molecule has 3 rings (SSSR count). The van der Waals surface area contributed by atoms with Crippen LogP contribution in [0.15, 0.2) is 28.7 Å². The molecule has 1 saturated carbocycles. The van der Waals surface area contributed by atoms with Gasteiger partial charge in [0.2, 0.25) is 5.91 Å². The van der Waals surface area contributed by atoms with Gasteiger partial charge in [-0.25, -0.2) is 0 Å². The van der Waals surface area contributed by atoms with Gasteiger partial charge in [-0.1, -0.05) is 28.1 Å². The van der Waals surface area contributed by atoms with Gasteiger partial charge in [-0.3, -0.25) is 4.79 Å². The lowest BCUT2D eigenvalue weighted by Gasteiger charge is -2.36. The summed E-state index contributed by atoms with van der Waals surface area (Å²) in [7, 11) is 0. The van der Waals surface area contributed by atoms with Crippen LogP contribution < -0.4 is 0 Å². The SMILES string of the molecule is O=C(C1CC1c1ccc(Br)cc1)N1CC(O)C1. The fraction of sp³-hybridized carbons (Fsp3) is 0.462. The van der Waals surface area contributed by atoms with E-state index >= 15 is 0 Å². The smallest absolute Gasteiger partial charge is 0.226 e. The minimum atomic E-state index is -0.302. The first kappa shape index (κ1) is 11.2. The van der Waals surface area contributed by atoms with E-state index in [9.17, 15) is 9.90 Å². The summed E-state index contributed by atoms with van der Waals surface area (Å²) >= 11 is 3.41. The Bertz CT molecular complexity index is 439. The molecule has 1 aromatic carbocycles. The average molecular weight is 296 g/mol. The largest absolute Gasteiger partial charge is 0.389 e. The van der Waals surface area contributed by atoms with Crippen LogP contribution in [0.25, 0.3) is 0 Å². The third kappa shape index (κ3) is 2.11. The molecule has 90 valence electrons. The Morgan fingerprint density at radius 2 is 1.94 bits per heavy atom. The molecule has 1 saturated heterocycles. The summed E-state index contributed by atoms with van der Waals surface area (Å²) in [4.78, 5) is 13.7. The summed E-state index contributed by atoms with van der Waals surface area (Å²) in [6.07, 6.45) is 0.649. The van der Waals surface area contributed by atoms with Crippen molar-refractivity contribution in [3.8, 4) is 0 Å². The van der Waals surface area contributed by atoms with Crippen molar-refractivity contribution in [1.82, 2.24) is 4.90 Å². The zero-order valence-electron chi connectivity index (χ0n) is 9.34. The number of β-amino-alcohol motifs (C(OH)–C–C–N with tert-alkyl or cyclic N) is 1. The van der Waals surface area contributed by atoms with Gasteiger partial charge in [0.15, 0.2) is 0 Å². The van der Waals surface area contributed by atoms with Crippen molar-refractivity contribution in [2.24, 2.45) is 5.92 Å². The second-order valence-corrected chi connectivity index (χ2v) is 5.81. The number of hydrogen-bond donors (Lipinski definition) is 1. The monoisotopic (exact) mass is 295 g/mol. The van der Waals surface area contributed by atoms with Crippen molar-refractivity contribution >= 4 is 21.8 Å². The Kier molecular flexibility index (Phi) is 2.71. The molecule has 0 radical (unpaired) electrons. The molecule has 17 heavy (non-hydrogen) atoms. The molecule has 2 atom stereocenters. The van der Waals surface area contributed by atoms with Crippen LogP contribution in [0.3, 0.4) is 0 Å². The molecule has 1 aliphatic carbocycles. The van der Waals surface area contributed by atoms with Gasteiger partial charge in [-0.2, -0.15) is 0 Å². The second-order valence-electron chi connectivity index (χ2n) is 4.90. The number of carbonyl (C=O) groups excluding carboxylic acids is 1. The highest BCUT2D eigenvalue weighted by Crippen LogP contribution is 2.49. The molecule has 2 unspecified atom stereocenters. The van der Waals surface area contributed by atoms with Crippen LogP contribution in [0.2, 0.25) is 0 Å².